The first-order valence-electron chi connectivity index (χ1n) is 4.46. The molecule has 2 heteroatoms. The summed E-state index contributed by atoms with van der Waals surface area (Å²) in [5.74, 6) is 0.287. The fourth-order valence-electron chi connectivity index (χ4n) is 0.975. The van der Waals surface area contributed by atoms with Crippen molar-refractivity contribution in [2.75, 3.05) is 20.1 Å². The van der Waals surface area contributed by atoms with E-state index in [-0.39, 0.29) is 5.78 Å². The van der Waals surface area contributed by atoms with Crippen LogP contribution in [0.4, 0.5) is 0 Å². The Morgan fingerprint density at radius 2 is 2.17 bits per heavy atom. The molecule has 0 N–H and O–H groups in total. The van der Waals surface area contributed by atoms with Gasteiger partial charge in [0, 0.05) is 13.0 Å². The minimum absolute atomic E-state index is 0.287. The van der Waals surface area contributed by atoms with Crippen molar-refractivity contribution in [3.63, 3.8) is 0 Å². The zero-order valence-electron chi connectivity index (χ0n) is 8.34. The Hall–Kier alpha value is -0.630. The zero-order chi connectivity index (χ0) is 9.40. The van der Waals surface area contributed by atoms with E-state index in [4.69, 9.17) is 0 Å². The molecular formula is C10H19NO. The summed E-state index contributed by atoms with van der Waals surface area (Å²) in [5, 5.41) is 0. The van der Waals surface area contributed by atoms with Crippen molar-refractivity contribution in [1.29, 1.82) is 0 Å². The van der Waals surface area contributed by atoms with E-state index in [1.165, 1.54) is 0 Å². The molecule has 0 saturated heterocycles. The molecule has 0 aliphatic carbocycles. The zero-order valence-corrected chi connectivity index (χ0v) is 8.34. The first kappa shape index (κ1) is 11.4. The van der Waals surface area contributed by atoms with Crippen LogP contribution in [0, 0.1) is 0 Å². The predicted octanol–water partition coefficient (Wildman–Crippen LogP) is 1.86. The molecule has 12 heavy (non-hydrogen) atoms. The summed E-state index contributed by atoms with van der Waals surface area (Å²) in [7, 11) is 2.07. The van der Waals surface area contributed by atoms with Crippen LogP contribution < -0.4 is 0 Å². The average molecular weight is 169 g/mol. The van der Waals surface area contributed by atoms with Gasteiger partial charge in [-0.25, -0.2) is 0 Å². The second kappa shape index (κ2) is 7.04. The number of allylic oxidation sites excluding steroid dienone is 1. The highest BCUT2D eigenvalue weighted by molar-refractivity contribution is 5.75. The highest BCUT2D eigenvalue weighted by Gasteiger charge is 1.96. The van der Waals surface area contributed by atoms with Crippen LogP contribution >= 0.6 is 0 Å². The largest absolute Gasteiger partial charge is 0.303 e. The van der Waals surface area contributed by atoms with Crippen LogP contribution in [0.5, 0.6) is 0 Å². The van der Waals surface area contributed by atoms with E-state index in [1.807, 2.05) is 13.0 Å². The maximum Gasteiger partial charge on any atom is 0.129 e. The lowest BCUT2D eigenvalue weighted by atomic mass is 10.2. The number of hydrogen-bond acceptors (Lipinski definition) is 2. The molecule has 0 aromatic carbocycles. The standard InChI is InChI=1S/C10H19NO/c1-4-5-8-11(3)9-6-7-10(2)12/h4-5H,6-9H2,1-3H3/b5-4-. The molecule has 0 saturated carbocycles. The van der Waals surface area contributed by atoms with Crippen molar-refractivity contribution in [3.05, 3.63) is 12.2 Å². The second-order valence-corrected chi connectivity index (χ2v) is 3.14. The molecule has 70 valence electrons. The van der Waals surface area contributed by atoms with E-state index in [0.717, 1.165) is 19.5 Å². The number of nitrogens with zero attached hydrogens (tertiary/aromatic N) is 1. The summed E-state index contributed by atoms with van der Waals surface area (Å²) in [4.78, 5) is 12.8. The van der Waals surface area contributed by atoms with Crippen molar-refractivity contribution in [3.8, 4) is 0 Å². The predicted molar refractivity (Wildman–Crippen MR) is 52.2 cm³/mol. The Balaban J connectivity index is 3.31. The quantitative estimate of drug-likeness (QED) is 0.566. The number of hydrogen-bond donors (Lipinski definition) is 0. The Bertz CT molecular complexity index is 152. The molecule has 0 rings (SSSR count). The topological polar surface area (TPSA) is 20.3 Å². The summed E-state index contributed by atoms with van der Waals surface area (Å²) in [6.45, 7) is 5.65. The third-order valence-corrected chi connectivity index (χ3v) is 1.72. The van der Waals surface area contributed by atoms with Crippen LogP contribution in [-0.2, 0) is 4.79 Å². The summed E-state index contributed by atoms with van der Waals surface area (Å²) >= 11 is 0. The summed E-state index contributed by atoms with van der Waals surface area (Å²) in [6, 6.07) is 0. The molecule has 0 heterocycles. The van der Waals surface area contributed by atoms with E-state index in [1.54, 1.807) is 6.92 Å². The van der Waals surface area contributed by atoms with Gasteiger partial charge in [-0.3, -0.25) is 0 Å². The number of rotatable bonds is 6. The monoisotopic (exact) mass is 169 g/mol. The molecule has 0 aromatic rings. The fourth-order valence-corrected chi connectivity index (χ4v) is 0.975. The van der Waals surface area contributed by atoms with Crippen molar-refractivity contribution in [2.24, 2.45) is 0 Å². The maximum atomic E-state index is 10.6. The molecule has 0 bridgehead atoms. The van der Waals surface area contributed by atoms with Gasteiger partial charge in [-0.15, -0.1) is 0 Å². The molecule has 0 amide bonds. The molecule has 0 aliphatic rings. The number of likely N-dealkylation sites (N-methyl/N-ethyl adjacent to an activating group) is 1. The molecule has 2 nitrogen and oxygen atoms in total. The van der Waals surface area contributed by atoms with Gasteiger partial charge in [0.2, 0.25) is 0 Å². The van der Waals surface area contributed by atoms with E-state index in [9.17, 15) is 4.79 Å². The van der Waals surface area contributed by atoms with Gasteiger partial charge in [0.1, 0.15) is 5.78 Å². The SMILES string of the molecule is C/C=C\CN(C)CCCC(C)=O. The molecule has 0 atom stereocenters. The van der Waals surface area contributed by atoms with Gasteiger partial charge in [-0.1, -0.05) is 12.2 Å². The normalized spacial score (nSPS) is 11.3. The van der Waals surface area contributed by atoms with Gasteiger partial charge < -0.3 is 9.69 Å². The Kier molecular flexibility index (Phi) is 6.67. The number of carbonyl (C=O) groups excluding carboxylic acids is 1. The molecule has 0 aromatic heterocycles. The van der Waals surface area contributed by atoms with Gasteiger partial charge >= 0.3 is 0 Å². The number of ketones is 1. The van der Waals surface area contributed by atoms with Crippen molar-refractivity contribution in [1.82, 2.24) is 4.90 Å². The number of Topliss-reactive ketones (excluding diaryl/α,β-unsaturated/α-hetero) is 1. The van der Waals surface area contributed by atoms with Crippen LogP contribution in [0.3, 0.4) is 0 Å². The van der Waals surface area contributed by atoms with E-state index in [0.29, 0.717) is 6.42 Å². The van der Waals surface area contributed by atoms with Crippen LogP contribution in [0.2, 0.25) is 0 Å². The van der Waals surface area contributed by atoms with Gasteiger partial charge in [0.05, 0.1) is 0 Å². The average Bonchev–Trinajstić information content (AvgIpc) is 2.00. The molecule has 0 fully saturated rings. The van der Waals surface area contributed by atoms with Crippen LogP contribution in [0.1, 0.15) is 26.7 Å². The Morgan fingerprint density at radius 1 is 1.50 bits per heavy atom. The lowest BCUT2D eigenvalue weighted by Gasteiger charge is -2.12. The lowest BCUT2D eigenvalue weighted by Crippen LogP contribution is -2.19. The first-order chi connectivity index (χ1) is 5.66. The van der Waals surface area contributed by atoms with Crippen molar-refractivity contribution in [2.45, 2.75) is 26.7 Å². The van der Waals surface area contributed by atoms with E-state index >= 15 is 0 Å². The maximum absolute atomic E-state index is 10.6. The van der Waals surface area contributed by atoms with Crippen molar-refractivity contribution >= 4 is 5.78 Å². The number of carbonyl (C=O) groups is 1. The van der Waals surface area contributed by atoms with Gasteiger partial charge in [0.25, 0.3) is 0 Å². The lowest BCUT2D eigenvalue weighted by molar-refractivity contribution is -0.117. The van der Waals surface area contributed by atoms with Crippen molar-refractivity contribution < 1.29 is 4.79 Å². The fraction of sp³-hybridized carbons (Fsp3) is 0.700. The minimum atomic E-state index is 0.287. The van der Waals surface area contributed by atoms with Crippen LogP contribution in [-0.4, -0.2) is 30.8 Å². The van der Waals surface area contributed by atoms with E-state index in [2.05, 4.69) is 18.0 Å². The van der Waals surface area contributed by atoms with Gasteiger partial charge in [0.15, 0.2) is 0 Å². The summed E-state index contributed by atoms with van der Waals surface area (Å²) in [6.07, 6.45) is 5.85. The first-order valence-corrected chi connectivity index (χ1v) is 4.46. The second-order valence-electron chi connectivity index (χ2n) is 3.14. The van der Waals surface area contributed by atoms with Crippen LogP contribution in [0.25, 0.3) is 0 Å². The Morgan fingerprint density at radius 3 is 2.67 bits per heavy atom. The smallest absolute Gasteiger partial charge is 0.129 e. The third-order valence-electron chi connectivity index (χ3n) is 1.72. The highest BCUT2D eigenvalue weighted by atomic mass is 16.1. The Labute approximate surface area is 75.3 Å². The third kappa shape index (κ3) is 7.48. The van der Waals surface area contributed by atoms with Gasteiger partial charge in [-0.05, 0) is 33.9 Å². The summed E-state index contributed by atoms with van der Waals surface area (Å²) < 4.78 is 0. The summed E-state index contributed by atoms with van der Waals surface area (Å²) in [5.41, 5.74) is 0. The molecule has 0 radical (unpaired) electrons. The molecule has 0 unspecified atom stereocenters. The molecular weight excluding hydrogens is 150 g/mol. The van der Waals surface area contributed by atoms with E-state index < -0.39 is 0 Å². The highest BCUT2D eigenvalue weighted by Crippen LogP contribution is 1.93. The van der Waals surface area contributed by atoms with Crippen LogP contribution in [0.15, 0.2) is 12.2 Å². The molecule has 0 spiro atoms. The van der Waals surface area contributed by atoms with Gasteiger partial charge in [-0.2, -0.15) is 0 Å². The molecule has 0 aliphatic heterocycles. The minimum Gasteiger partial charge on any atom is -0.303 e.